The molecule has 2 aliphatic rings. The molecule has 0 aliphatic heterocycles. The highest BCUT2D eigenvalue weighted by Gasteiger charge is 2.23. The molecule has 0 spiro atoms. The summed E-state index contributed by atoms with van der Waals surface area (Å²) in [5, 5.41) is 3.51. The van der Waals surface area contributed by atoms with E-state index in [1.807, 2.05) is 13.4 Å². The standard InChI is InChI=1S/C14H23N3O/c1-18-14-4-2-3-13(7-14)17-9-12(16-10-17)8-15-11-5-6-11/h9-11,13-15H,2-8H2,1H3. The van der Waals surface area contributed by atoms with E-state index in [1.54, 1.807) is 0 Å². The second kappa shape index (κ2) is 5.41. The topological polar surface area (TPSA) is 39.1 Å². The second-order valence-electron chi connectivity index (χ2n) is 5.65. The third-order valence-corrected chi connectivity index (χ3v) is 4.16. The maximum Gasteiger partial charge on any atom is 0.0952 e. The van der Waals surface area contributed by atoms with Crippen molar-refractivity contribution in [2.75, 3.05) is 7.11 Å². The van der Waals surface area contributed by atoms with Crippen molar-refractivity contribution in [1.82, 2.24) is 14.9 Å². The quantitative estimate of drug-likeness (QED) is 0.870. The van der Waals surface area contributed by atoms with Gasteiger partial charge in [0.15, 0.2) is 0 Å². The highest BCUT2D eigenvalue weighted by molar-refractivity contribution is 5.00. The van der Waals surface area contributed by atoms with Gasteiger partial charge in [-0.05, 0) is 38.5 Å². The fraction of sp³-hybridized carbons (Fsp3) is 0.786. The monoisotopic (exact) mass is 249 g/mol. The van der Waals surface area contributed by atoms with Gasteiger partial charge in [-0.1, -0.05) is 0 Å². The largest absolute Gasteiger partial charge is 0.381 e. The zero-order valence-electron chi connectivity index (χ0n) is 11.1. The molecule has 2 atom stereocenters. The maximum atomic E-state index is 5.49. The Kier molecular flexibility index (Phi) is 3.66. The van der Waals surface area contributed by atoms with Crippen molar-refractivity contribution in [3.8, 4) is 0 Å². The molecule has 2 aliphatic carbocycles. The summed E-state index contributed by atoms with van der Waals surface area (Å²) in [6, 6.07) is 1.33. The van der Waals surface area contributed by atoms with E-state index in [2.05, 4.69) is 21.1 Å². The second-order valence-corrected chi connectivity index (χ2v) is 5.65. The van der Waals surface area contributed by atoms with E-state index < -0.39 is 0 Å². The predicted octanol–water partition coefficient (Wildman–Crippen LogP) is 2.27. The molecular formula is C14H23N3O. The molecule has 100 valence electrons. The molecule has 3 rings (SSSR count). The summed E-state index contributed by atoms with van der Waals surface area (Å²) < 4.78 is 7.78. The van der Waals surface area contributed by atoms with Gasteiger partial charge >= 0.3 is 0 Å². The Labute approximate surface area is 109 Å². The van der Waals surface area contributed by atoms with E-state index in [0.29, 0.717) is 12.1 Å². The van der Waals surface area contributed by atoms with Crippen LogP contribution < -0.4 is 5.32 Å². The minimum Gasteiger partial charge on any atom is -0.381 e. The minimum absolute atomic E-state index is 0.430. The Hall–Kier alpha value is -0.870. The SMILES string of the molecule is COC1CCCC(n2cnc(CNC3CC3)c2)C1. The van der Waals surface area contributed by atoms with Gasteiger partial charge in [-0.25, -0.2) is 4.98 Å². The lowest BCUT2D eigenvalue weighted by Crippen LogP contribution is -2.23. The molecule has 0 bridgehead atoms. The van der Waals surface area contributed by atoms with E-state index in [4.69, 9.17) is 4.74 Å². The molecule has 2 saturated carbocycles. The summed E-state index contributed by atoms with van der Waals surface area (Å²) in [4.78, 5) is 4.50. The number of imidazole rings is 1. The Morgan fingerprint density at radius 2 is 2.28 bits per heavy atom. The van der Waals surface area contributed by atoms with Gasteiger partial charge in [-0.15, -0.1) is 0 Å². The van der Waals surface area contributed by atoms with Crippen LogP contribution in [0.5, 0.6) is 0 Å². The van der Waals surface area contributed by atoms with Crippen LogP contribution in [0.3, 0.4) is 0 Å². The van der Waals surface area contributed by atoms with Crippen molar-refractivity contribution in [2.45, 2.75) is 63.3 Å². The number of rotatable bonds is 5. The fourth-order valence-corrected chi connectivity index (χ4v) is 2.81. The average Bonchev–Trinajstić information content (AvgIpc) is 3.13. The summed E-state index contributed by atoms with van der Waals surface area (Å²) in [7, 11) is 1.83. The molecule has 1 aromatic heterocycles. The van der Waals surface area contributed by atoms with Gasteiger partial charge in [-0.3, -0.25) is 0 Å². The van der Waals surface area contributed by atoms with Gasteiger partial charge < -0.3 is 14.6 Å². The van der Waals surface area contributed by atoms with Crippen LogP contribution in [0.1, 0.15) is 50.3 Å². The van der Waals surface area contributed by atoms with Crippen LogP contribution in [0, 0.1) is 0 Å². The van der Waals surface area contributed by atoms with Crippen LogP contribution in [0.25, 0.3) is 0 Å². The Bertz CT molecular complexity index is 386. The first-order valence-corrected chi connectivity index (χ1v) is 7.13. The molecule has 4 heteroatoms. The number of nitrogens with zero attached hydrogens (tertiary/aromatic N) is 2. The zero-order chi connectivity index (χ0) is 12.4. The smallest absolute Gasteiger partial charge is 0.0952 e. The number of aromatic nitrogens is 2. The number of hydrogen-bond acceptors (Lipinski definition) is 3. The number of hydrogen-bond donors (Lipinski definition) is 1. The van der Waals surface area contributed by atoms with Crippen LogP contribution in [-0.4, -0.2) is 28.8 Å². The molecule has 2 fully saturated rings. The highest BCUT2D eigenvalue weighted by Crippen LogP contribution is 2.30. The molecule has 18 heavy (non-hydrogen) atoms. The van der Waals surface area contributed by atoms with E-state index in [-0.39, 0.29) is 0 Å². The Morgan fingerprint density at radius 3 is 3.06 bits per heavy atom. The number of methoxy groups -OCH3 is 1. The van der Waals surface area contributed by atoms with Crippen molar-refractivity contribution < 1.29 is 4.74 Å². The first-order valence-electron chi connectivity index (χ1n) is 7.13. The van der Waals surface area contributed by atoms with Crippen LogP contribution >= 0.6 is 0 Å². The lowest BCUT2D eigenvalue weighted by molar-refractivity contribution is 0.0530. The molecule has 4 nitrogen and oxygen atoms in total. The van der Waals surface area contributed by atoms with Gasteiger partial charge in [0.05, 0.1) is 18.1 Å². The molecule has 0 amide bonds. The predicted molar refractivity (Wildman–Crippen MR) is 70.4 cm³/mol. The van der Waals surface area contributed by atoms with Crippen molar-refractivity contribution in [2.24, 2.45) is 0 Å². The van der Waals surface area contributed by atoms with E-state index in [0.717, 1.165) is 19.0 Å². The van der Waals surface area contributed by atoms with Crippen molar-refractivity contribution in [1.29, 1.82) is 0 Å². The van der Waals surface area contributed by atoms with Gasteiger partial charge in [0.1, 0.15) is 0 Å². The summed E-state index contributed by atoms with van der Waals surface area (Å²) in [6.45, 7) is 0.915. The maximum absolute atomic E-state index is 5.49. The Morgan fingerprint density at radius 1 is 1.39 bits per heavy atom. The molecule has 2 unspecified atom stereocenters. The molecule has 1 heterocycles. The summed E-state index contributed by atoms with van der Waals surface area (Å²) in [5.74, 6) is 0. The zero-order valence-corrected chi connectivity index (χ0v) is 11.1. The average molecular weight is 249 g/mol. The number of nitrogens with one attached hydrogen (secondary N) is 1. The van der Waals surface area contributed by atoms with Crippen LogP contribution in [0.2, 0.25) is 0 Å². The van der Waals surface area contributed by atoms with E-state index >= 15 is 0 Å². The van der Waals surface area contributed by atoms with Gasteiger partial charge in [0.2, 0.25) is 0 Å². The third kappa shape index (κ3) is 2.93. The molecule has 0 aromatic carbocycles. The van der Waals surface area contributed by atoms with Crippen LogP contribution in [-0.2, 0) is 11.3 Å². The van der Waals surface area contributed by atoms with E-state index in [1.165, 1.54) is 37.8 Å². The van der Waals surface area contributed by atoms with Gasteiger partial charge in [0, 0.05) is 31.9 Å². The molecule has 1 aromatic rings. The Balaban J connectivity index is 1.57. The van der Waals surface area contributed by atoms with Crippen molar-refractivity contribution >= 4 is 0 Å². The van der Waals surface area contributed by atoms with Crippen molar-refractivity contribution in [3.63, 3.8) is 0 Å². The number of ether oxygens (including phenoxy) is 1. The van der Waals surface area contributed by atoms with Crippen LogP contribution in [0.15, 0.2) is 12.5 Å². The highest BCUT2D eigenvalue weighted by atomic mass is 16.5. The summed E-state index contributed by atoms with van der Waals surface area (Å²) >= 11 is 0. The lowest BCUT2D eigenvalue weighted by atomic mass is 9.93. The molecule has 0 radical (unpaired) electrons. The van der Waals surface area contributed by atoms with E-state index in [9.17, 15) is 0 Å². The first-order chi connectivity index (χ1) is 8.85. The van der Waals surface area contributed by atoms with Crippen molar-refractivity contribution in [3.05, 3.63) is 18.2 Å². The fourth-order valence-electron chi connectivity index (χ4n) is 2.81. The third-order valence-electron chi connectivity index (χ3n) is 4.16. The lowest BCUT2D eigenvalue weighted by Gasteiger charge is -2.28. The molecule has 1 N–H and O–H groups in total. The van der Waals surface area contributed by atoms with Crippen LogP contribution in [0.4, 0.5) is 0 Å². The summed E-state index contributed by atoms with van der Waals surface area (Å²) in [6.07, 6.45) is 12.1. The normalized spacial score (nSPS) is 28.5. The molecule has 0 saturated heterocycles. The molecular weight excluding hydrogens is 226 g/mol. The first kappa shape index (κ1) is 12.2. The van der Waals surface area contributed by atoms with Gasteiger partial charge in [0.25, 0.3) is 0 Å². The van der Waals surface area contributed by atoms with Gasteiger partial charge in [-0.2, -0.15) is 0 Å². The minimum atomic E-state index is 0.430. The summed E-state index contributed by atoms with van der Waals surface area (Å²) in [5.41, 5.74) is 1.17.